The van der Waals surface area contributed by atoms with Crippen molar-refractivity contribution in [2.24, 2.45) is 11.7 Å². The number of hydrogen-bond donors (Lipinski definition) is 2. The molecule has 0 saturated heterocycles. The number of amides is 1. The van der Waals surface area contributed by atoms with Crippen LogP contribution in [0.5, 0.6) is 0 Å². The van der Waals surface area contributed by atoms with E-state index in [-0.39, 0.29) is 36.3 Å². The Morgan fingerprint density at radius 3 is 1.85 bits per heavy atom. The summed E-state index contributed by atoms with van der Waals surface area (Å²) in [6.45, 7) is 10.0. The van der Waals surface area contributed by atoms with Crippen molar-refractivity contribution in [1.82, 2.24) is 5.32 Å². The van der Waals surface area contributed by atoms with Crippen LogP contribution in [0, 0.1) is 5.92 Å². The van der Waals surface area contributed by atoms with Crippen LogP contribution in [0.25, 0.3) is 0 Å². The minimum absolute atomic E-state index is 0. The summed E-state index contributed by atoms with van der Waals surface area (Å²) in [5.41, 5.74) is 8.17. The number of benzene rings is 1. The number of carbonyl (C=O) groups is 1. The Morgan fingerprint density at radius 2 is 1.45 bits per heavy atom. The second-order valence-corrected chi connectivity index (χ2v) is 5.70. The van der Waals surface area contributed by atoms with E-state index in [4.69, 9.17) is 5.73 Å². The second kappa shape index (κ2) is 8.28. The first kappa shape index (κ1) is 18.9. The Hall–Kier alpha value is -1.06. The van der Waals surface area contributed by atoms with Gasteiger partial charge in [0.2, 0.25) is 5.91 Å². The van der Waals surface area contributed by atoms with Gasteiger partial charge in [-0.2, -0.15) is 0 Å². The van der Waals surface area contributed by atoms with Crippen molar-refractivity contribution in [2.75, 3.05) is 0 Å². The highest BCUT2D eigenvalue weighted by atomic mass is 35.5. The van der Waals surface area contributed by atoms with Gasteiger partial charge in [-0.3, -0.25) is 4.79 Å². The van der Waals surface area contributed by atoms with Crippen molar-refractivity contribution in [3.8, 4) is 0 Å². The van der Waals surface area contributed by atoms with Crippen LogP contribution in [0.1, 0.15) is 57.7 Å². The number of nitrogens with two attached hydrogens (primary N) is 1. The Balaban J connectivity index is 0.00000361. The molecule has 3 unspecified atom stereocenters. The van der Waals surface area contributed by atoms with E-state index in [0.717, 1.165) is 5.56 Å². The molecule has 1 aromatic carbocycles. The lowest BCUT2D eigenvalue weighted by Gasteiger charge is -2.20. The molecule has 0 aliphatic carbocycles. The number of carbonyl (C=O) groups excluding carboxylic acids is 1. The SMILES string of the molecule is CC(C)c1ccc(C(C)NC(=O)C(C)C(C)N)cc1.Cl. The van der Waals surface area contributed by atoms with Crippen molar-refractivity contribution in [1.29, 1.82) is 0 Å². The highest BCUT2D eigenvalue weighted by molar-refractivity contribution is 5.85. The molecule has 3 N–H and O–H groups in total. The van der Waals surface area contributed by atoms with Crippen LogP contribution < -0.4 is 11.1 Å². The first-order valence-electron chi connectivity index (χ1n) is 6.98. The first-order valence-corrected chi connectivity index (χ1v) is 6.98. The maximum absolute atomic E-state index is 12.0. The minimum Gasteiger partial charge on any atom is -0.349 e. The maximum Gasteiger partial charge on any atom is 0.224 e. The van der Waals surface area contributed by atoms with Gasteiger partial charge in [-0.15, -0.1) is 12.4 Å². The van der Waals surface area contributed by atoms with E-state index in [0.29, 0.717) is 5.92 Å². The summed E-state index contributed by atoms with van der Waals surface area (Å²) in [5.74, 6) is 0.366. The normalized spacial score (nSPS) is 15.2. The molecule has 4 heteroatoms. The molecule has 0 bridgehead atoms. The van der Waals surface area contributed by atoms with Crippen molar-refractivity contribution >= 4 is 18.3 Å². The van der Waals surface area contributed by atoms with Crippen LogP contribution in [-0.2, 0) is 4.79 Å². The molecule has 3 atom stereocenters. The molecule has 0 heterocycles. The van der Waals surface area contributed by atoms with E-state index in [1.165, 1.54) is 5.56 Å². The highest BCUT2D eigenvalue weighted by Gasteiger charge is 2.19. The van der Waals surface area contributed by atoms with Gasteiger partial charge in [0.15, 0.2) is 0 Å². The monoisotopic (exact) mass is 298 g/mol. The lowest BCUT2D eigenvalue weighted by Crippen LogP contribution is -2.39. The molecule has 20 heavy (non-hydrogen) atoms. The quantitative estimate of drug-likeness (QED) is 0.875. The van der Waals surface area contributed by atoms with Gasteiger partial charge < -0.3 is 11.1 Å². The zero-order valence-corrected chi connectivity index (χ0v) is 13.8. The third-order valence-corrected chi connectivity index (χ3v) is 3.66. The largest absolute Gasteiger partial charge is 0.349 e. The molecular weight excluding hydrogens is 272 g/mol. The summed E-state index contributed by atoms with van der Waals surface area (Å²) in [6, 6.07) is 8.29. The molecule has 0 fully saturated rings. The Kier molecular flexibility index (Phi) is 7.84. The van der Waals surface area contributed by atoms with Crippen molar-refractivity contribution in [3.63, 3.8) is 0 Å². The van der Waals surface area contributed by atoms with Crippen LogP contribution in [0.3, 0.4) is 0 Å². The zero-order valence-electron chi connectivity index (χ0n) is 13.0. The second-order valence-electron chi connectivity index (χ2n) is 5.70. The highest BCUT2D eigenvalue weighted by Crippen LogP contribution is 2.19. The van der Waals surface area contributed by atoms with Gasteiger partial charge in [0, 0.05) is 12.0 Å². The summed E-state index contributed by atoms with van der Waals surface area (Å²) >= 11 is 0. The third-order valence-electron chi connectivity index (χ3n) is 3.66. The summed E-state index contributed by atoms with van der Waals surface area (Å²) < 4.78 is 0. The van der Waals surface area contributed by atoms with Crippen LogP contribution >= 0.6 is 12.4 Å². The minimum atomic E-state index is -0.169. The molecule has 1 rings (SSSR count). The molecule has 1 aromatic rings. The van der Waals surface area contributed by atoms with Gasteiger partial charge in [-0.25, -0.2) is 0 Å². The van der Waals surface area contributed by atoms with Crippen LogP contribution in [0.4, 0.5) is 0 Å². The average Bonchev–Trinajstić information content (AvgIpc) is 2.37. The van der Waals surface area contributed by atoms with Crippen molar-refractivity contribution in [3.05, 3.63) is 35.4 Å². The fraction of sp³-hybridized carbons (Fsp3) is 0.562. The standard InChI is InChI=1S/C16H26N2O.ClH/c1-10(2)14-6-8-15(9-7-14)13(5)18-16(19)11(3)12(4)17;/h6-13H,17H2,1-5H3,(H,18,19);1H. The summed E-state index contributed by atoms with van der Waals surface area (Å²) in [7, 11) is 0. The fourth-order valence-corrected chi connectivity index (χ4v) is 1.84. The average molecular weight is 299 g/mol. The fourth-order valence-electron chi connectivity index (χ4n) is 1.84. The summed E-state index contributed by atoms with van der Waals surface area (Å²) in [5, 5.41) is 3.01. The number of hydrogen-bond acceptors (Lipinski definition) is 2. The van der Waals surface area contributed by atoms with E-state index in [1.807, 2.05) is 20.8 Å². The third kappa shape index (κ3) is 5.14. The smallest absolute Gasteiger partial charge is 0.224 e. The zero-order chi connectivity index (χ0) is 14.6. The molecule has 0 spiro atoms. The lowest BCUT2D eigenvalue weighted by molar-refractivity contribution is -0.125. The van der Waals surface area contributed by atoms with E-state index in [9.17, 15) is 4.79 Å². The van der Waals surface area contributed by atoms with Crippen LogP contribution in [0.15, 0.2) is 24.3 Å². The molecule has 0 radical (unpaired) electrons. The van der Waals surface area contributed by atoms with E-state index in [2.05, 4.69) is 43.4 Å². The lowest BCUT2D eigenvalue weighted by atomic mass is 9.98. The van der Waals surface area contributed by atoms with Gasteiger partial charge >= 0.3 is 0 Å². The van der Waals surface area contributed by atoms with Crippen molar-refractivity contribution < 1.29 is 4.79 Å². The summed E-state index contributed by atoms with van der Waals surface area (Å²) in [6.07, 6.45) is 0. The first-order chi connectivity index (χ1) is 8.82. The van der Waals surface area contributed by atoms with Gasteiger partial charge in [0.1, 0.15) is 0 Å². The van der Waals surface area contributed by atoms with E-state index in [1.54, 1.807) is 0 Å². The van der Waals surface area contributed by atoms with E-state index >= 15 is 0 Å². The van der Waals surface area contributed by atoms with Crippen molar-refractivity contribution in [2.45, 2.75) is 52.6 Å². The summed E-state index contributed by atoms with van der Waals surface area (Å²) in [4.78, 5) is 12.0. The Bertz CT molecular complexity index is 415. The molecule has 0 aliphatic rings. The molecule has 0 saturated carbocycles. The Morgan fingerprint density at radius 1 is 1.00 bits per heavy atom. The number of nitrogens with one attached hydrogen (secondary N) is 1. The molecule has 0 aromatic heterocycles. The Labute approximate surface area is 128 Å². The number of halogens is 1. The van der Waals surface area contributed by atoms with Gasteiger partial charge in [0.05, 0.1) is 6.04 Å². The van der Waals surface area contributed by atoms with E-state index < -0.39 is 0 Å². The van der Waals surface area contributed by atoms with Crippen LogP contribution in [-0.4, -0.2) is 11.9 Å². The topological polar surface area (TPSA) is 55.1 Å². The maximum atomic E-state index is 12.0. The molecule has 0 aliphatic heterocycles. The predicted octanol–water partition coefficient (Wildman–Crippen LogP) is 3.39. The molecule has 114 valence electrons. The van der Waals surface area contributed by atoms with Gasteiger partial charge in [0.25, 0.3) is 0 Å². The predicted molar refractivity (Wildman–Crippen MR) is 87.2 cm³/mol. The molecule has 1 amide bonds. The molecule has 3 nitrogen and oxygen atoms in total. The number of rotatable bonds is 5. The van der Waals surface area contributed by atoms with Gasteiger partial charge in [-0.05, 0) is 30.9 Å². The molecular formula is C16H27ClN2O. The van der Waals surface area contributed by atoms with Gasteiger partial charge in [-0.1, -0.05) is 45.0 Å². The van der Waals surface area contributed by atoms with Crippen LogP contribution in [0.2, 0.25) is 0 Å².